The van der Waals surface area contributed by atoms with Crippen molar-refractivity contribution in [3.8, 4) is 5.75 Å². The molecule has 5 nitrogen and oxygen atoms in total. The summed E-state index contributed by atoms with van der Waals surface area (Å²) in [5.41, 5.74) is 6.69. The fourth-order valence-electron chi connectivity index (χ4n) is 1.49. The van der Waals surface area contributed by atoms with Crippen LogP contribution in [-0.4, -0.2) is 18.1 Å². The third kappa shape index (κ3) is 3.96. The van der Waals surface area contributed by atoms with Gasteiger partial charge in [0.15, 0.2) is 5.96 Å². The van der Waals surface area contributed by atoms with E-state index in [-0.39, 0.29) is 0 Å². The Kier molecular flexibility index (Phi) is 4.35. The number of aliphatic imine (C=N–C) groups is 1. The van der Waals surface area contributed by atoms with Crippen LogP contribution in [0.15, 0.2) is 35.5 Å². The molecule has 1 aromatic heterocycles. The van der Waals surface area contributed by atoms with Gasteiger partial charge in [0.05, 0.1) is 13.7 Å². The van der Waals surface area contributed by atoms with Crippen LogP contribution in [0.25, 0.3) is 0 Å². The molecule has 2 rings (SSSR count). The second kappa shape index (κ2) is 6.19. The Labute approximate surface area is 116 Å². The van der Waals surface area contributed by atoms with Crippen molar-refractivity contribution in [2.45, 2.75) is 13.5 Å². The van der Waals surface area contributed by atoms with E-state index in [1.54, 1.807) is 18.4 Å². The van der Waals surface area contributed by atoms with Crippen LogP contribution in [0.2, 0.25) is 0 Å². The zero-order valence-corrected chi connectivity index (χ0v) is 11.7. The summed E-state index contributed by atoms with van der Waals surface area (Å²) < 4.78 is 5.09. The van der Waals surface area contributed by atoms with Crippen LogP contribution in [0.4, 0.5) is 5.69 Å². The number of hydrogen-bond acceptors (Lipinski definition) is 4. The van der Waals surface area contributed by atoms with Gasteiger partial charge in [-0.1, -0.05) is 0 Å². The van der Waals surface area contributed by atoms with Crippen molar-refractivity contribution in [2.75, 3.05) is 12.4 Å². The molecule has 3 N–H and O–H groups in total. The molecule has 0 atom stereocenters. The van der Waals surface area contributed by atoms with Crippen molar-refractivity contribution < 1.29 is 4.74 Å². The van der Waals surface area contributed by atoms with Gasteiger partial charge in [0.1, 0.15) is 10.8 Å². The molecule has 0 aliphatic heterocycles. The fraction of sp³-hybridized carbons (Fsp3) is 0.231. The number of methoxy groups -OCH3 is 1. The number of aryl methyl sites for hydroxylation is 1. The molecule has 0 aliphatic rings. The molecule has 0 bridgehead atoms. The molecule has 100 valence electrons. The van der Waals surface area contributed by atoms with Gasteiger partial charge in [0.2, 0.25) is 0 Å². The lowest BCUT2D eigenvalue weighted by Crippen LogP contribution is -2.22. The highest BCUT2D eigenvalue weighted by atomic mass is 32.1. The smallest absolute Gasteiger partial charge is 0.193 e. The van der Waals surface area contributed by atoms with Gasteiger partial charge in [0, 0.05) is 16.8 Å². The lowest BCUT2D eigenvalue weighted by molar-refractivity contribution is 0.415. The van der Waals surface area contributed by atoms with Crippen molar-refractivity contribution in [1.29, 1.82) is 0 Å². The van der Waals surface area contributed by atoms with E-state index in [0.29, 0.717) is 12.5 Å². The van der Waals surface area contributed by atoms with E-state index >= 15 is 0 Å². The van der Waals surface area contributed by atoms with E-state index in [0.717, 1.165) is 16.4 Å². The Morgan fingerprint density at radius 1 is 1.42 bits per heavy atom. The summed E-state index contributed by atoms with van der Waals surface area (Å²) in [6.45, 7) is 2.51. The highest BCUT2D eigenvalue weighted by Gasteiger charge is 1.99. The molecular weight excluding hydrogens is 260 g/mol. The Bertz CT molecular complexity index is 562. The predicted octanol–water partition coefficient (Wildman–Crippen LogP) is 2.39. The van der Waals surface area contributed by atoms with Gasteiger partial charge in [-0.15, -0.1) is 11.3 Å². The van der Waals surface area contributed by atoms with E-state index in [2.05, 4.69) is 15.3 Å². The lowest BCUT2D eigenvalue weighted by Gasteiger charge is -2.06. The molecule has 0 unspecified atom stereocenters. The summed E-state index contributed by atoms with van der Waals surface area (Å²) in [6.07, 6.45) is 1.84. The molecular formula is C13H16N4OS. The Morgan fingerprint density at radius 2 is 2.16 bits per heavy atom. The van der Waals surface area contributed by atoms with Crippen molar-refractivity contribution >= 4 is 23.0 Å². The molecule has 0 aliphatic carbocycles. The van der Waals surface area contributed by atoms with Crippen LogP contribution in [0.3, 0.4) is 0 Å². The van der Waals surface area contributed by atoms with Crippen molar-refractivity contribution in [3.05, 3.63) is 40.3 Å². The summed E-state index contributed by atoms with van der Waals surface area (Å²) >= 11 is 1.62. The van der Waals surface area contributed by atoms with Crippen LogP contribution >= 0.6 is 11.3 Å². The number of nitrogens with two attached hydrogens (primary N) is 1. The predicted molar refractivity (Wildman–Crippen MR) is 78.8 cm³/mol. The monoisotopic (exact) mass is 276 g/mol. The third-order valence-electron chi connectivity index (χ3n) is 2.42. The fourth-order valence-corrected chi connectivity index (χ4v) is 2.20. The average molecular weight is 276 g/mol. The molecule has 6 heteroatoms. The normalized spacial score (nSPS) is 11.4. The van der Waals surface area contributed by atoms with E-state index in [9.17, 15) is 0 Å². The maximum Gasteiger partial charge on any atom is 0.193 e. The molecule has 0 amide bonds. The topological polar surface area (TPSA) is 72.5 Å². The Balaban J connectivity index is 1.93. The lowest BCUT2D eigenvalue weighted by atomic mass is 10.3. The number of thiazole rings is 1. The minimum absolute atomic E-state index is 0.373. The number of nitrogens with one attached hydrogen (secondary N) is 1. The largest absolute Gasteiger partial charge is 0.497 e. The summed E-state index contributed by atoms with van der Waals surface area (Å²) in [6, 6.07) is 7.49. The molecule has 0 spiro atoms. The van der Waals surface area contributed by atoms with Crippen molar-refractivity contribution in [3.63, 3.8) is 0 Å². The van der Waals surface area contributed by atoms with E-state index in [1.807, 2.05) is 37.4 Å². The first-order valence-corrected chi connectivity index (χ1v) is 6.61. The average Bonchev–Trinajstić information content (AvgIpc) is 2.83. The van der Waals surface area contributed by atoms with Crippen LogP contribution < -0.4 is 15.8 Å². The number of hydrogen-bond donors (Lipinski definition) is 2. The van der Waals surface area contributed by atoms with Gasteiger partial charge in [-0.2, -0.15) is 0 Å². The van der Waals surface area contributed by atoms with Crippen LogP contribution in [0, 0.1) is 6.92 Å². The van der Waals surface area contributed by atoms with Crippen molar-refractivity contribution in [2.24, 2.45) is 10.7 Å². The molecule has 1 heterocycles. The molecule has 0 saturated heterocycles. The Morgan fingerprint density at radius 3 is 2.74 bits per heavy atom. The van der Waals surface area contributed by atoms with Gasteiger partial charge in [-0.3, -0.25) is 0 Å². The number of anilines is 1. The first kappa shape index (κ1) is 13.4. The van der Waals surface area contributed by atoms with Gasteiger partial charge in [0.25, 0.3) is 0 Å². The maximum atomic E-state index is 5.82. The van der Waals surface area contributed by atoms with Gasteiger partial charge >= 0.3 is 0 Å². The van der Waals surface area contributed by atoms with E-state index in [4.69, 9.17) is 10.5 Å². The second-order valence-electron chi connectivity index (χ2n) is 3.92. The summed E-state index contributed by atoms with van der Waals surface area (Å²) in [4.78, 5) is 9.65. The van der Waals surface area contributed by atoms with Crippen LogP contribution in [-0.2, 0) is 6.54 Å². The Hall–Kier alpha value is -2.08. The third-order valence-corrected chi connectivity index (χ3v) is 3.31. The number of nitrogens with zero attached hydrogens (tertiary/aromatic N) is 2. The highest BCUT2D eigenvalue weighted by molar-refractivity contribution is 7.11. The number of rotatable bonds is 4. The molecule has 1 aromatic carbocycles. The summed E-state index contributed by atoms with van der Waals surface area (Å²) in [5.74, 6) is 1.18. The van der Waals surface area contributed by atoms with Crippen LogP contribution in [0.5, 0.6) is 5.75 Å². The van der Waals surface area contributed by atoms with Gasteiger partial charge < -0.3 is 15.8 Å². The van der Waals surface area contributed by atoms with Crippen LogP contribution in [0.1, 0.15) is 9.88 Å². The first-order valence-electron chi connectivity index (χ1n) is 5.79. The van der Waals surface area contributed by atoms with Gasteiger partial charge in [-0.05, 0) is 31.2 Å². The zero-order chi connectivity index (χ0) is 13.7. The number of guanidine groups is 1. The minimum Gasteiger partial charge on any atom is -0.497 e. The summed E-state index contributed by atoms with van der Waals surface area (Å²) in [5, 5.41) is 3.97. The SMILES string of the molecule is COc1ccc(NC(N)=NCc2ncc(C)s2)cc1. The molecule has 0 saturated carbocycles. The van der Waals surface area contributed by atoms with E-state index < -0.39 is 0 Å². The van der Waals surface area contributed by atoms with E-state index in [1.165, 1.54) is 4.88 Å². The molecule has 0 fully saturated rings. The first-order chi connectivity index (χ1) is 9.17. The molecule has 0 radical (unpaired) electrons. The zero-order valence-electron chi connectivity index (χ0n) is 10.9. The maximum absolute atomic E-state index is 5.82. The second-order valence-corrected chi connectivity index (χ2v) is 5.24. The van der Waals surface area contributed by atoms with Crippen molar-refractivity contribution in [1.82, 2.24) is 4.98 Å². The number of aromatic nitrogens is 1. The molecule has 2 aromatic rings. The minimum atomic E-state index is 0.373. The number of ether oxygens (including phenoxy) is 1. The summed E-state index contributed by atoms with van der Waals surface area (Å²) in [7, 11) is 1.63. The quantitative estimate of drug-likeness (QED) is 0.664. The molecule has 19 heavy (non-hydrogen) atoms. The standard InChI is InChI=1S/C13H16N4OS/c1-9-7-15-12(19-9)8-16-13(14)17-10-3-5-11(18-2)6-4-10/h3-7H,8H2,1-2H3,(H3,14,16,17). The number of benzene rings is 1. The van der Waals surface area contributed by atoms with Gasteiger partial charge in [-0.25, -0.2) is 9.98 Å². The highest BCUT2D eigenvalue weighted by Crippen LogP contribution is 2.15.